The van der Waals surface area contributed by atoms with Gasteiger partial charge in [-0.2, -0.15) is 0 Å². The summed E-state index contributed by atoms with van der Waals surface area (Å²) in [6.07, 6.45) is -4.87. The van der Waals surface area contributed by atoms with Crippen molar-refractivity contribution in [3.8, 4) is 17.2 Å². The Hall–Kier alpha value is -4.10. The summed E-state index contributed by atoms with van der Waals surface area (Å²) >= 11 is 0. The fourth-order valence-corrected chi connectivity index (χ4v) is 5.51. The van der Waals surface area contributed by atoms with Crippen LogP contribution in [0.3, 0.4) is 0 Å². The van der Waals surface area contributed by atoms with Gasteiger partial charge in [-0.1, -0.05) is 0 Å². The van der Waals surface area contributed by atoms with Crippen molar-refractivity contribution in [2.45, 2.75) is 69.6 Å². The maximum atomic E-state index is 13.4. The van der Waals surface area contributed by atoms with Gasteiger partial charge in [0.1, 0.15) is 23.9 Å². The van der Waals surface area contributed by atoms with E-state index in [9.17, 15) is 29.9 Å². The number of methoxy groups -OCH3 is 1. The van der Waals surface area contributed by atoms with E-state index in [1.54, 1.807) is 26.8 Å². The average Bonchev–Trinajstić information content (AvgIpc) is 3.37. The third-order valence-electron chi connectivity index (χ3n) is 7.23. The molecule has 5 rings (SSSR count). The number of nitro groups is 1. The van der Waals surface area contributed by atoms with Crippen molar-refractivity contribution in [2.24, 2.45) is 0 Å². The second kappa shape index (κ2) is 10.1. The summed E-state index contributed by atoms with van der Waals surface area (Å²) in [4.78, 5) is 38.0. The fraction of sp³-hybridized carbons (Fsp3) is 0.481. The summed E-state index contributed by atoms with van der Waals surface area (Å²) in [5, 5.41) is 33.3. The van der Waals surface area contributed by atoms with Gasteiger partial charge in [0.2, 0.25) is 12.5 Å². The van der Waals surface area contributed by atoms with Crippen LogP contribution in [-0.2, 0) is 16.0 Å². The Labute approximate surface area is 229 Å². The van der Waals surface area contributed by atoms with Crippen LogP contribution in [0.4, 0.5) is 10.5 Å². The molecule has 3 aliphatic rings. The normalized spacial score (nSPS) is 24.9. The summed E-state index contributed by atoms with van der Waals surface area (Å²) in [6, 6.07) is 5.68. The standard InChI is InChI=1S/C27H30N2O11/c1-27(2,3)40-26(33)28-11-17-15(9-19-24(23(17)36-4)38-12-37-19)16-10-18(21(30)22(31)20(16)28)39-25(32)13-5-7-14(8-6-13)29(34)35/h5-9,16,18,20-22,30-31H,10-12H2,1-4H3/t16-,18+,20-,21-,22+/m1/s1. The molecule has 1 amide bonds. The minimum Gasteiger partial charge on any atom is -0.492 e. The lowest BCUT2D eigenvalue weighted by Gasteiger charge is -2.50. The molecule has 40 heavy (non-hydrogen) atoms. The second-order valence-corrected chi connectivity index (χ2v) is 10.9. The highest BCUT2D eigenvalue weighted by Crippen LogP contribution is 2.52. The van der Waals surface area contributed by atoms with Gasteiger partial charge < -0.3 is 33.9 Å². The zero-order valence-corrected chi connectivity index (χ0v) is 22.4. The maximum Gasteiger partial charge on any atom is 0.410 e. The molecule has 2 aliphatic heterocycles. The number of amides is 1. The Bertz CT molecular complexity index is 1340. The molecule has 0 saturated heterocycles. The van der Waals surface area contributed by atoms with Crippen molar-refractivity contribution in [1.82, 2.24) is 4.90 Å². The topological polar surface area (TPSA) is 167 Å². The maximum absolute atomic E-state index is 13.4. The number of aliphatic hydroxyl groups excluding tert-OH is 2. The van der Waals surface area contributed by atoms with Gasteiger partial charge in [-0.25, -0.2) is 9.59 Å². The van der Waals surface area contributed by atoms with E-state index in [1.165, 1.54) is 36.3 Å². The number of nitro benzene ring substituents is 1. The molecule has 13 heteroatoms. The molecule has 214 valence electrons. The fourth-order valence-electron chi connectivity index (χ4n) is 5.51. The van der Waals surface area contributed by atoms with E-state index in [1.807, 2.05) is 0 Å². The molecule has 0 unspecified atom stereocenters. The highest BCUT2D eigenvalue weighted by Gasteiger charge is 2.53. The van der Waals surface area contributed by atoms with Gasteiger partial charge in [-0.15, -0.1) is 0 Å². The Morgan fingerprint density at radius 1 is 1.12 bits per heavy atom. The first-order valence-corrected chi connectivity index (χ1v) is 12.7. The first-order valence-electron chi connectivity index (χ1n) is 12.7. The van der Waals surface area contributed by atoms with Crippen LogP contribution in [0.15, 0.2) is 30.3 Å². The lowest BCUT2D eigenvalue weighted by Crippen LogP contribution is -2.62. The van der Waals surface area contributed by atoms with Crippen LogP contribution >= 0.6 is 0 Å². The van der Waals surface area contributed by atoms with Gasteiger partial charge in [-0.3, -0.25) is 15.0 Å². The first kappa shape index (κ1) is 27.5. The number of ether oxygens (including phenoxy) is 5. The number of carbonyl (C=O) groups is 2. The van der Waals surface area contributed by atoms with E-state index in [2.05, 4.69) is 0 Å². The zero-order chi connectivity index (χ0) is 28.9. The van der Waals surface area contributed by atoms with E-state index >= 15 is 0 Å². The third-order valence-corrected chi connectivity index (χ3v) is 7.23. The highest BCUT2D eigenvalue weighted by atomic mass is 16.7. The lowest BCUT2D eigenvalue weighted by atomic mass is 9.71. The van der Waals surface area contributed by atoms with Gasteiger partial charge in [0, 0.05) is 23.6 Å². The number of hydrogen-bond acceptors (Lipinski definition) is 11. The van der Waals surface area contributed by atoms with Crippen LogP contribution in [0.2, 0.25) is 0 Å². The molecule has 0 radical (unpaired) electrons. The highest BCUT2D eigenvalue weighted by molar-refractivity contribution is 5.89. The first-order chi connectivity index (χ1) is 18.9. The average molecular weight is 559 g/mol. The minimum absolute atomic E-state index is 0.00224. The van der Waals surface area contributed by atoms with E-state index in [4.69, 9.17) is 23.7 Å². The summed E-state index contributed by atoms with van der Waals surface area (Å²) in [6.45, 7) is 5.15. The molecule has 13 nitrogen and oxygen atoms in total. The molecule has 5 atom stereocenters. The Morgan fingerprint density at radius 2 is 1.82 bits per heavy atom. The van der Waals surface area contributed by atoms with Crippen LogP contribution in [0.1, 0.15) is 54.6 Å². The van der Waals surface area contributed by atoms with Gasteiger partial charge in [0.15, 0.2) is 11.5 Å². The number of fused-ring (bicyclic) bond motifs is 4. The second-order valence-electron chi connectivity index (χ2n) is 10.9. The molecule has 1 aliphatic carbocycles. The molecule has 2 heterocycles. The largest absolute Gasteiger partial charge is 0.492 e. The van der Waals surface area contributed by atoms with Crippen LogP contribution in [0.25, 0.3) is 0 Å². The molecule has 0 spiro atoms. The molecule has 2 aromatic carbocycles. The van der Waals surface area contributed by atoms with Gasteiger partial charge in [-0.05, 0) is 51.0 Å². The molecular formula is C27H30N2O11. The van der Waals surface area contributed by atoms with Crippen molar-refractivity contribution in [1.29, 1.82) is 0 Å². The van der Waals surface area contributed by atoms with Gasteiger partial charge in [0.25, 0.3) is 5.69 Å². The Morgan fingerprint density at radius 3 is 2.45 bits per heavy atom. The zero-order valence-electron chi connectivity index (χ0n) is 22.4. The Balaban J connectivity index is 1.51. The predicted octanol–water partition coefficient (Wildman–Crippen LogP) is 2.89. The van der Waals surface area contributed by atoms with Crippen molar-refractivity contribution in [3.63, 3.8) is 0 Å². The Kier molecular flexibility index (Phi) is 6.96. The van der Waals surface area contributed by atoms with E-state index in [-0.39, 0.29) is 31.0 Å². The summed E-state index contributed by atoms with van der Waals surface area (Å²) in [7, 11) is 1.47. The van der Waals surface area contributed by atoms with Gasteiger partial charge in [0.05, 0.1) is 30.2 Å². The molecule has 2 N–H and O–H groups in total. The summed E-state index contributed by atoms with van der Waals surface area (Å²) in [5.41, 5.74) is 0.323. The number of benzene rings is 2. The summed E-state index contributed by atoms with van der Waals surface area (Å²) < 4.78 is 28.1. The monoisotopic (exact) mass is 558 g/mol. The molecular weight excluding hydrogens is 528 g/mol. The lowest BCUT2D eigenvalue weighted by molar-refractivity contribution is -0.384. The third kappa shape index (κ3) is 4.86. The van der Waals surface area contributed by atoms with Crippen molar-refractivity contribution in [3.05, 3.63) is 57.1 Å². The number of hydrogen-bond donors (Lipinski definition) is 2. The predicted molar refractivity (Wildman–Crippen MR) is 136 cm³/mol. The van der Waals surface area contributed by atoms with E-state index in [0.717, 1.165) is 0 Å². The van der Waals surface area contributed by atoms with Crippen LogP contribution in [-0.4, -0.2) is 76.0 Å². The number of nitrogens with zero attached hydrogens (tertiary/aromatic N) is 2. The van der Waals surface area contributed by atoms with E-state index in [0.29, 0.717) is 28.4 Å². The van der Waals surface area contributed by atoms with E-state index < -0.39 is 52.9 Å². The van der Waals surface area contributed by atoms with Gasteiger partial charge >= 0.3 is 12.1 Å². The number of esters is 1. The number of aliphatic hydroxyl groups is 2. The van der Waals surface area contributed by atoms with Crippen LogP contribution in [0, 0.1) is 10.1 Å². The molecule has 2 aromatic rings. The van der Waals surface area contributed by atoms with Crippen molar-refractivity contribution >= 4 is 17.7 Å². The minimum atomic E-state index is -1.54. The van der Waals surface area contributed by atoms with Crippen LogP contribution < -0.4 is 14.2 Å². The summed E-state index contributed by atoms with van der Waals surface area (Å²) in [5.74, 6) is -0.251. The number of carbonyl (C=O) groups excluding carboxylic acids is 2. The molecule has 0 aromatic heterocycles. The number of rotatable bonds is 4. The SMILES string of the molecule is COc1c2c(cc3c1OCO3)[C@H]1C[C@H](OC(=O)c3ccc([N+](=O)[O-])cc3)[C@@H](O)[C@@H](O)[C@@H]1N(C(=O)OC(C)(C)C)C2. The number of non-ortho nitro benzene ring substituents is 1. The molecule has 1 saturated carbocycles. The quantitative estimate of drug-likeness (QED) is 0.322. The smallest absolute Gasteiger partial charge is 0.410 e. The van der Waals surface area contributed by atoms with Crippen LogP contribution in [0.5, 0.6) is 17.2 Å². The molecule has 0 bridgehead atoms. The van der Waals surface area contributed by atoms with Crippen molar-refractivity contribution < 1.29 is 48.4 Å². The van der Waals surface area contributed by atoms with Crippen molar-refractivity contribution in [2.75, 3.05) is 13.9 Å². The molecule has 1 fully saturated rings.